The van der Waals surface area contributed by atoms with Crippen molar-refractivity contribution in [2.75, 3.05) is 13.1 Å². The molecule has 0 aromatic heterocycles. The zero-order valence-electron chi connectivity index (χ0n) is 10.6. The molecule has 0 bridgehead atoms. The maximum absolute atomic E-state index is 12.3. The Morgan fingerprint density at radius 1 is 1.58 bits per heavy atom. The Balaban J connectivity index is 3.18. The molecule has 19 heavy (non-hydrogen) atoms. The third kappa shape index (κ3) is 3.79. The van der Waals surface area contributed by atoms with E-state index in [9.17, 15) is 14.9 Å². The van der Waals surface area contributed by atoms with E-state index in [0.717, 1.165) is 6.42 Å². The number of nitro groups is 1. The molecule has 0 aliphatic heterocycles. The van der Waals surface area contributed by atoms with Crippen molar-refractivity contribution in [1.82, 2.24) is 4.90 Å². The van der Waals surface area contributed by atoms with E-state index in [2.05, 4.69) is 6.58 Å². The zero-order valence-corrected chi connectivity index (χ0v) is 11.4. The molecule has 0 unspecified atom stereocenters. The Bertz CT molecular complexity index is 503. The molecule has 0 N–H and O–H groups in total. The van der Waals surface area contributed by atoms with Crippen LogP contribution in [0.1, 0.15) is 23.7 Å². The number of amides is 1. The lowest BCUT2D eigenvalue weighted by atomic mass is 10.1. The molecule has 0 fully saturated rings. The SMILES string of the molecule is C=CCN(CCC)C(=O)c1cc(Cl)ccc1[N+](=O)[O-]. The van der Waals surface area contributed by atoms with Gasteiger partial charge in [-0.05, 0) is 18.6 Å². The molecule has 0 saturated heterocycles. The van der Waals surface area contributed by atoms with Gasteiger partial charge in [0.25, 0.3) is 11.6 Å². The molecule has 0 atom stereocenters. The van der Waals surface area contributed by atoms with E-state index in [-0.39, 0.29) is 11.3 Å². The maximum atomic E-state index is 12.3. The second-order valence-electron chi connectivity index (χ2n) is 3.96. The minimum absolute atomic E-state index is 0.00722. The number of nitro benzene ring substituents is 1. The van der Waals surface area contributed by atoms with Crippen LogP contribution in [0.15, 0.2) is 30.9 Å². The Morgan fingerprint density at radius 2 is 2.26 bits per heavy atom. The van der Waals surface area contributed by atoms with Crippen LogP contribution in [-0.2, 0) is 0 Å². The summed E-state index contributed by atoms with van der Waals surface area (Å²) in [6.07, 6.45) is 2.35. The molecule has 1 aromatic carbocycles. The predicted molar refractivity (Wildman–Crippen MR) is 74.5 cm³/mol. The molecule has 0 saturated carbocycles. The van der Waals surface area contributed by atoms with Gasteiger partial charge in [-0.15, -0.1) is 6.58 Å². The van der Waals surface area contributed by atoms with E-state index in [1.165, 1.54) is 23.1 Å². The van der Waals surface area contributed by atoms with Crippen molar-refractivity contribution in [1.29, 1.82) is 0 Å². The fraction of sp³-hybridized carbons (Fsp3) is 0.308. The van der Waals surface area contributed by atoms with Gasteiger partial charge >= 0.3 is 0 Å². The van der Waals surface area contributed by atoms with Gasteiger partial charge < -0.3 is 4.90 Å². The van der Waals surface area contributed by atoms with Crippen molar-refractivity contribution >= 4 is 23.2 Å². The van der Waals surface area contributed by atoms with E-state index in [4.69, 9.17) is 11.6 Å². The van der Waals surface area contributed by atoms with Crippen molar-refractivity contribution in [3.05, 3.63) is 51.6 Å². The molecule has 6 heteroatoms. The van der Waals surface area contributed by atoms with Gasteiger partial charge in [0, 0.05) is 24.2 Å². The molecule has 1 rings (SSSR count). The van der Waals surface area contributed by atoms with Crippen LogP contribution in [0.2, 0.25) is 5.02 Å². The highest BCUT2D eigenvalue weighted by Gasteiger charge is 2.24. The van der Waals surface area contributed by atoms with Gasteiger partial charge in [0.15, 0.2) is 0 Å². The molecule has 5 nitrogen and oxygen atoms in total. The number of halogens is 1. The third-order valence-electron chi connectivity index (χ3n) is 2.52. The molecule has 0 heterocycles. The Kier molecular flexibility index (Phi) is 5.51. The average Bonchev–Trinajstić information content (AvgIpc) is 2.37. The monoisotopic (exact) mass is 282 g/mol. The summed E-state index contributed by atoms with van der Waals surface area (Å²) in [4.78, 5) is 24.2. The quantitative estimate of drug-likeness (QED) is 0.457. The third-order valence-corrected chi connectivity index (χ3v) is 2.75. The first-order chi connectivity index (χ1) is 9.01. The van der Waals surface area contributed by atoms with Crippen LogP contribution in [0.3, 0.4) is 0 Å². The molecule has 1 aromatic rings. The first kappa shape index (κ1) is 15.2. The van der Waals surface area contributed by atoms with E-state index in [1.54, 1.807) is 6.08 Å². The minimum Gasteiger partial charge on any atom is -0.335 e. The van der Waals surface area contributed by atoms with Crippen LogP contribution in [0, 0.1) is 10.1 Å². The predicted octanol–water partition coefficient (Wildman–Crippen LogP) is 3.29. The van der Waals surface area contributed by atoms with Crippen molar-refractivity contribution in [3.63, 3.8) is 0 Å². The van der Waals surface area contributed by atoms with Gasteiger partial charge in [-0.2, -0.15) is 0 Å². The standard InChI is InChI=1S/C13H15ClN2O3/c1-3-7-15(8-4-2)13(17)11-9-10(14)5-6-12(11)16(18)19/h3,5-6,9H,1,4,7-8H2,2H3. The summed E-state index contributed by atoms with van der Waals surface area (Å²) in [5, 5.41) is 11.2. The van der Waals surface area contributed by atoms with Crippen LogP contribution in [0.4, 0.5) is 5.69 Å². The Labute approximate surface area is 116 Å². The summed E-state index contributed by atoms with van der Waals surface area (Å²) >= 11 is 5.81. The van der Waals surface area contributed by atoms with Crippen molar-refractivity contribution in [2.45, 2.75) is 13.3 Å². The van der Waals surface area contributed by atoms with Crippen molar-refractivity contribution in [2.24, 2.45) is 0 Å². The van der Waals surface area contributed by atoms with Gasteiger partial charge in [0.2, 0.25) is 0 Å². The van der Waals surface area contributed by atoms with Crippen LogP contribution in [0.25, 0.3) is 0 Å². The molecule has 0 aliphatic carbocycles. The summed E-state index contributed by atoms with van der Waals surface area (Å²) in [6.45, 7) is 6.36. The normalized spacial score (nSPS) is 10.0. The fourth-order valence-corrected chi connectivity index (χ4v) is 1.88. The number of hydrogen-bond acceptors (Lipinski definition) is 3. The molecule has 102 valence electrons. The van der Waals surface area contributed by atoms with Crippen molar-refractivity contribution in [3.8, 4) is 0 Å². The summed E-state index contributed by atoms with van der Waals surface area (Å²) in [6, 6.07) is 3.97. The van der Waals surface area contributed by atoms with Crippen LogP contribution < -0.4 is 0 Å². The molecular weight excluding hydrogens is 268 g/mol. The van der Waals surface area contributed by atoms with E-state index in [1.807, 2.05) is 6.92 Å². The van der Waals surface area contributed by atoms with Gasteiger partial charge in [0.1, 0.15) is 5.56 Å². The number of hydrogen-bond donors (Lipinski definition) is 0. The van der Waals surface area contributed by atoms with E-state index >= 15 is 0 Å². The molecule has 0 radical (unpaired) electrons. The average molecular weight is 283 g/mol. The summed E-state index contributed by atoms with van der Waals surface area (Å²) in [5.41, 5.74) is -0.229. The first-order valence-corrected chi connectivity index (χ1v) is 6.23. The van der Waals surface area contributed by atoms with Gasteiger partial charge in [-0.3, -0.25) is 14.9 Å². The Hall–Kier alpha value is -1.88. The number of nitrogens with zero attached hydrogens (tertiary/aromatic N) is 2. The molecule has 1 amide bonds. The highest BCUT2D eigenvalue weighted by atomic mass is 35.5. The van der Waals surface area contributed by atoms with Gasteiger partial charge in [-0.1, -0.05) is 24.6 Å². The zero-order chi connectivity index (χ0) is 14.4. The second-order valence-corrected chi connectivity index (χ2v) is 4.39. The topological polar surface area (TPSA) is 63.5 Å². The van der Waals surface area contributed by atoms with Gasteiger partial charge in [-0.25, -0.2) is 0 Å². The summed E-state index contributed by atoms with van der Waals surface area (Å²) in [5.74, 6) is -0.407. The lowest BCUT2D eigenvalue weighted by Crippen LogP contribution is -2.32. The Morgan fingerprint density at radius 3 is 2.79 bits per heavy atom. The van der Waals surface area contributed by atoms with Crippen molar-refractivity contribution < 1.29 is 9.72 Å². The smallest absolute Gasteiger partial charge is 0.282 e. The first-order valence-electron chi connectivity index (χ1n) is 5.85. The number of benzene rings is 1. The van der Waals surface area contributed by atoms with E-state index in [0.29, 0.717) is 18.1 Å². The summed E-state index contributed by atoms with van der Waals surface area (Å²) in [7, 11) is 0. The van der Waals surface area contributed by atoms with Crippen LogP contribution in [0.5, 0.6) is 0 Å². The highest BCUT2D eigenvalue weighted by molar-refractivity contribution is 6.31. The minimum atomic E-state index is -0.582. The lowest BCUT2D eigenvalue weighted by Gasteiger charge is -2.20. The van der Waals surface area contributed by atoms with Gasteiger partial charge in [0.05, 0.1) is 4.92 Å². The number of carbonyl (C=O) groups excluding carboxylic acids is 1. The molecular formula is C13H15ClN2O3. The van der Waals surface area contributed by atoms with E-state index < -0.39 is 10.8 Å². The largest absolute Gasteiger partial charge is 0.335 e. The number of rotatable bonds is 6. The second kappa shape index (κ2) is 6.89. The van der Waals surface area contributed by atoms with Crippen LogP contribution in [-0.4, -0.2) is 28.8 Å². The lowest BCUT2D eigenvalue weighted by molar-refractivity contribution is -0.385. The van der Waals surface area contributed by atoms with Crippen LogP contribution >= 0.6 is 11.6 Å². The maximum Gasteiger partial charge on any atom is 0.282 e. The highest BCUT2D eigenvalue weighted by Crippen LogP contribution is 2.24. The fourth-order valence-electron chi connectivity index (χ4n) is 1.71. The molecule has 0 spiro atoms. The summed E-state index contributed by atoms with van der Waals surface area (Å²) < 4.78 is 0. The molecule has 0 aliphatic rings. The number of carbonyl (C=O) groups is 1.